The maximum absolute atomic E-state index is 12.8. The van der Waals surface area contributed by atoms with Gasteiger partial charge in [-0.05, 0) is 61.1 Å². The zero-order chi connectivity index (χ0) is 17.9. The van der Waals surface area contributed by atoms with Gasteiger partial charge in [0.15, 0.2) is 5.11 Å². The molecule has 0 heterocycles. The van der Waals surface area contributed by atoms with Crippen LogP contribution in [0.2, 0.25) is 0 Å². The highest BCUT2D eigenvalue weighted by molar-refractivity contribution is 7.98. The summed E-state index contributed by atoms with van der Waals surface area (Å²) in [5.41, 5.74) is 2.01. The Labute approximate surface area is 158 Å². The fourth-order valence-corrected chi connectivity index (χ4v) is 3.30. The Bertz CT molecular complexity index is 665. The summed E-state index contributed by atoms with van der Waals surface area (Å²) >= 11 is 7.16. The van der Waals surface area contributed by atoms with E-state index in [0.29, 0.717) is 11.7 Å². The number of benzene rings is 2. The molecule has 25 heavy (non-hydrogen) atoms. The molecule has 2 aromatic carbocycles. The normalized spacial score (nSPS) is 10.3. The molecule has 0 unspecified atom stereocenters. The van der Waals surface area contributed by atoms with Crippen LogP contribution < -0.4 is 15.4 Å². The highest BCUT2D eigenvalue weighted by Gasteiger charge is 2.04. The second-order valence-corrected chi connectivity index (χ2v) is 6.86. The van der Waals surface area contributed by atoms with E-state index in [1.165, 1.54) is 12.1 Å². The molecule has 0 aromatic heterocycles. The fraction of sp³-hybridized carbons (Fsp3) is 0.316. The van der Waals surface area contributed by atoms with Crippen LogP contribution in [-0.2, 0) is 5.75 Å². The third-order valence-electron chi connectivity index (χ3n) is 3.37. The van der Waals surface area contributed by atoms with E-state index in [0.717, 1.165) is 41.5 Å². The van der Waals surface area contributed by atoms with Gasteiger partial charge in [0.05, 0.1) is 12.3 Å². The molecule has 0 fully saturated rings. The van der Waals surface area contributed by atoms with Crippen molar-refractivity contribution >= 4 is 34.8 Å². The van der Waals surface area contributed by atoms with Gasteiger partial charge in [0, 0.05) is 12.3 Å². The molecule has 0 saturated carbocycles. The van der Waals surface area contributed by atoms with Crippen LogP contribution in [0.25, 0.3) is 0 Å². The molecular formula is C19H23FN2OS2. The number of halogens is 1. The Kier molecular flexibility index (Phi) is 8.55. The minimum Gasteiger partial charge on any atom is -0.492 e. The molecule has 134 valence electrons. The topological polar surface area (TPSA) is 33.3 Å². The largest absolute Gasteiger partial charge is 0.492 e. The van der Waals surface area contributed by atoms with Gasteiger partial charge in [-0.25, -0.2) is 4.39 Å². The van der Waals surface area contributed by atoms with E-state index in [1.807, 2.05) is 55.1 Å². The Hall–Kier alpha value is -1.79. The minimum absolute atomic E-state index is 0.190. The third kappa shape index (κ3) is 7.32. The van der Waals surface area contributed by atoms with Gasteiger partial charge in [-0.15, -0.1) is 0 Å². The SMILES string of the molecule is CCOc1ccccc1NC(=S)NCCCSCc1ccc(F)cc1. The lowest BCUT2D eigenvalue weighted by atomic mass is 10.2. The van der Waals surface area contributed by atoms with Gasteiger partial charge >= 0.3 is 0 Å². The lowest BCUT2D eigenvalue weighted by molar-refractivity contribution is 0.342. The molecule has 0 aliphatic carbocycles. The smallest absolute Gasteiger partial charge is 0.170 e. The van der Waals surface area contributed by atoms with Crippen molar-refractivity contribution in [3.8, 4) is 5.75 Å². The first-order chi connectivity index (χ1) is 12.2. The van der Waals surface area contributed by atoms with E-state index in [9.17, 15) is 4.39 Å². The van der Waals surface area contributed by atoms with E-state index < -0.39 is 0 Å². The van der Waals surface area contributed by atoms with E-state index in [1.54, 1.807) is 0 Å². The molecule has 0 bridgehead atoms. The van der Waals surface area contributed by atoms with Crippen LogP contribution in [0.4, 0.5) is 10.1 Å². The Morgan fingerprint density at radius 3 is 2.68 bits per heavy atom. The first-order valence-corrected chi connectivity index (χ1v) is 9.84. The summed E-state index contributed by atoms with van der Waals surface area (Å²) in [4.78, 5) is 0. The molecule has 0 saturated heterocycles. The average Bonchev–Trinajstić information content (AvgIpc) is 2.61. The van der Waals surface area contributed by atoms with Crippen LogP contribution in [0.5, 0.6) is 5.75 Å². The van der Waals surface area contributed by atoms with Crippen LogP contribution in [0.3, 0.4) is 0 Å². The van der Waals surface area contributed by atoms with Crippen LogP contribution in [0.15, 0.2) is 48.5 Å². The van der Waals surface area contributed by atoms with Crippen molar-refractivity contribution in [2.45, 2.75) is 19.1 Å². The molecule has 0 atom stereocenters. The zero-order valence-electron chi connectivity index (χ0n) is 14.3. The molecule has 2 aromatic rings. The summed E-state index contributed by atoms with van der Waals surface area (Å²) in [5, 5.41) is 6.97. The summed E-state index contributed by atoms with van der Waals surface area (Å²) in [5.74, 6) is 2.52. The standard InChI is InChI=1S/C19H23FN2OS2/c1-2-23-18-7-4-3-6-17(18)22-19(24)21-12-5-13-25-14-15-8-10-16(20)11-9-15/h3-4,6-11H,2,5,12-14H2,1H3,(H2,21,22,24). The van der Waals surface area contributed by atoms with Crippen molar-refractivity contribution in [3.63, 3.8) is 0 Å². The van der Waals surface area contributed by atoms with Crippen molar-refractivity contribution in [1.29, 1.82) is 0 Å². The van der Waals surface area contributed by atoms with E-state index >= 15 is 0 Å². The highest BCUT2D eigenvalue weighted by atomic mass is 32.2. The predicted octanol–water partition coefficient (Wildman–Crippen LogP) is 4.83. The second kappa shape index (κ2) is 10.9. The summed E-state index contributed by atoms with van der Waals surface area (Å²) in [6, 6.07) is 14.4. The van der Waals surface area contributed by atoms with Gasteiger partial charge in [0.2, 0.25) is 0 Å². The first kappa shape index (κ1) is 19.5. The maximum atomic E-state index is 12.8. The number of hydrogen-bond acceptors (Lipinski definition) is 3. The lowest BCUT2D eigenvalue weighted by Crippen LogP contribution is -2.29. The van der Waals surface area contributed by atoms with E-state index in [-0.39, 0.29) is 5.82 Å². The van der Waals surface area contributed by atoms with Gasteiger partial charge in [-0.1, -0.05) is 24.3 Å². The predicted molar refractivity (Wildman–Crippen MR) is 109 cm³/mol. The average molecular weight is 379 g/mol. The number of thioether (sulfide) groups is 1. The molecule has 0 aliphatic heterocycles. The molecule has 2 rings (SSSR count). The van der Waals surface area contributed by atoms with Crippen molar-refractivity contribution < 1.29 is 9.13 Å². The van der Waals surface area contributed by atoms with Gasteiger partial charge in [0.1, 0.15) is 11.6 Å². The number of ether oxygens (including phenoxy) is 1. The van der Waals surface area contributed by atoms with Gasteiger partial charge in [-0.2, -0.15) is 11.8 Å². The zero-order valence-corrected chi connectivity index (χ0v) is 15.9. The van der Waals surface area contributed by atoms with Gasteiger partial charge in [0.25, 0.3) is 0 Å². The molecule has 0 amide bonds. The molecule has 3 nitrogen and oxygen atoms in total. The maximum Gasteiger partial charge on any atom is 0.170 e. The number of anilines is 1. The quantitative estimate of drug-likeness (QED) is 0.482. The molecule has 0 radical (unpaired) electrons. The number of thiocarbonyl (C=S) groups is 1. The number of rotatable bonds is 9. The van der Waals surface area contributed by atoms with Crippen molar-refractivity contribution in [2.24, 2.45) is 0 Å². The highest BCUT2D eigenvalue weighted by Crippen LogP contribution is 2.23. The Morgan fingerprint density at radius 1 is 1.16 bits per heavy atom. The van der Waals surface area contributed by atoms with Crippen molar-refractivity contribution in [3.05, 3.63) is 59.9 Å². The second-order valence-electron chi connectivity index (χ2n) is 5.34. The molecule has 0 aliphatic rings. The molecule has 0 spiro atoms. The molecular weight excluding hydrogens is 355 g/mol. The summed E-state index contributed by atoms with van der Waals surface area (Å²) in [6.45, 7) is 3.38. The Balaban J connectivity index is 1.61. The third-order valence-corrected chi connectivity index (χ3v) is 4.73. The number of hydrogen-bond donors (Lipinski definition) is 2. The van der Waals surface area contributed by atoms with Crippen LogP contribution in [0, 0.1) is 5.82 Å². The lowest BCUT2D eigenvalue weighted by Gasteiger charge is -2.14. The monoisotopic (exact) mass is 378 g/mol. The minimum atomic E-state index is -0.190. The van der Waals surface area contributed by atoms with Crippen molar-refractivity contribution in [2.75, 3.05) is 24.2 Å². The van der Waals surface area contributed by atoms with E-state index in [2.05, 4.69) is 10.6 Å². The Morgan fingerprint density at radius 2 is 1.92 bits per heavy atom. The van der Waals surface area contributed by atoms with Crippen LogP contribution in [0.1, 0.15) is 18.9 Å². The first-order valence-electron chi connectivity index (χ1n) is 8.28. The summed E-state index contributed by atoms with van der Waals surface area (Å²) in [6.07, 6.45) is 1.00. The summed E-state index contributed by atoms with van der Waals surface area (Å²) < 4.78 is 18.4. The molecule has 2 N–H and O–H groups in total. The summed E-state index contributed by atoms with van der Waals surface area (Å²) in [7, 11) is 0. The number of para-hydroxylation sites is 2. The van der Waals surface area contributed by atoms with Crippen LogP contribution >= 0.6 is 24.0 Å². The van der Waals surface area contributed by atoms with Crippen LogP contribution in [-0.4, -0.2) is 24.0 Å². The van der Waals surface area contributed by atoms with Gasteiger partial charge in [-0.3, -0.25) is 0 Å². The number of nitrogens with one attached hydrogen (secondary N) is 2. The fourth-order valence-electron chi connectivity index (χ4n) is 2.16. The molecule has 6 heteroatoms. The van der Waals surface area contributed by atoms with Gasteiger partial charge < -0.3 is 15.4 Å². The van der Waals surface area contributed by atoms with Crippen molar-refractivity contribution in [1.82, 2.24) is 5.32 Å². The van der Waals surface area contributed by atoms with E-state index in [4.69, 9.17) is 17.0 Å².